The number of rotatable bonds is 3. The third kappa shape index (κ3) is 2.54. The van der Waals surface area contributed by atoms with Gasteiger partial charge in [-0.1, -0.05) is 25.5 Å². The van der Waals surface area contributed by atoms with E-state index in [-0.39, 0.29) is 23.1 Å². The zero-order valence-corrected chi connectivity index (χ0v) is 14.1. The number of aromatic nitrogens is 1. The first-order valence-electron chi connectivity index (χ1n) is 7.80. The Bertz CT molecular complexity index is 886. The molecule has 0 aliphatic carbocycles. The van der Waals surface area contributed by atoms with Crippen molar-refractivity contribution >= 4 is 28.6 Å². The Hall–Kier alpha value is -2.76. The Balaban J connectivity index is 2.20. The van der Waals surface area contributed by atoms with Gasteiger partial charge in [-0.25, -0.2) is 9.78 Å². The number of carboxylic acids is 1. The number of carbonyl (C=O) groups is 2. The van der Waals surface area contributed by atoms with Crippen LogP contribution in [0.5, 0.6) is 0 Å². The summed E-state index contributed by atoms with van der Waals surface area (Å²) in [6.45, 7) is 5.81. The van der Waals surface area contributed by atoms with Crippen LogP contribution < -0.4 is 0 Å². The molecule has 1 unspecified atom stereocenters. The number of pyridine rings is 1. The molecule has 0 spiro atoms. The molecule has 2 heterocycles. The van der Waals surface area contributed by atoms with Crippen LogP contribution in [0.2, 0.25) is 0 Å². The lowest BCUT2D eigenvalue weighted by molar-refractivity contribution is -0.121. The van der Waals surface area contributed by atoms with Crippen molar-refractivity contribution in [3.8, 4) is 0 Å². The van der Waals surface area contributed by atoms with Gasteiger partial charge in [-0.05, 0) is 31.0 Å². The van der Waals surface area contributed by atoms with E-state index in [1.54, 1.807) is 18.0 Å². The maximum Gasteiger partial charge on any atom is 0.338 e. The normalized spacial score (nSPS) is 17.7. The average molecular weight is 325 g/mol. The molecule has 1 aromatic heterocycles. The first-order chi connectivity index (χ1) is 11.3. The zero-order chi connectivity index (χ0) is 17.6. The Morgan fingerprint density at radius 3 is 2.58 bits per heavy atom. The SMILES string of the molecule is Cc1ccc2nc(C3=NC(=O)C(C(C)C)N3C)c(C(=O)O)cc2c1. The molecule has 24 heavy (non-hydrogen) atoms. The number of fused-ring (bicyclic) bond motifs is 1. The largest absolute Gasteiger partial charge is 0.478 e. The first kappa shape index (κ1) is 16.1. The van der Waals surface area contributed by atoms with E-state index in [4.69, 9.17) is 0 Å². The van der Waals surface area contributed by atoms with Crippen molar-refractivity contribution < 1.29 is 14.7 Å². The van der Waals surface area contributed by atoms with Crippen LogP contribution in [0.25, 0.3) is 10.9 Å². The van der Waals surface area contributed by atoms with Crippen molar-refractivity contribution in [3.05, 3.63) is 41.1 Å². The van der Waals surface area contributed by atoms with Gasteiger partial charge in [0.1, 0.15) is 11.7 Å². The number of carboxylic acid groups (broad SMARTS) is 1. The highest BCUT2D eigenvalue weighted by Gasteiger charge is 2.37. The molecule has 0 radical (unpaired) electrons. The number of aliphatic imine (C=N–C) groups is 1. The Kier molecular flexibility index (Phi) is 3.83. The van der Waals surface area contributed by atoms with Crippen molar-refractivity contribution in [2.24, 2.45) is 10.9 Å². The second-order valence-corrected chi connectivity index (χ2v) is 6.46. The number of hydrogen-bond acceptors (Lipinski definition) is 4. The minimum Gasteiger partial charge on any atom is -0.478 e. The van der Waals surface area contributed by atoms with Crippen LogP contribution in [-0.4, -0.2) is 45.8 Å². The molecule has 0 fully saturated rings. The summed E-state index contributed by atoms with van der Waals surface area (Å²) in [7, 11) is 1.75. The van der Waals surface area contributed by atoms with Crippen LogP contribution in [0.15, 0.2) is 29.3 Å². The molecule has 1 aliphatic heterocycles. The number of amidine groups is 1. The maximum atomic E-state index is 12.2. The minimum absolute atomic E-state index is 0.0518. The Labute approximate surface area is 139 Å². The molecule has 124 valence electrons. The molecule has 1 aliphatic rings. The number of likely N-dealkylation sites (N-methyl/N-ethyl adjacent to an activating group) is 1. The van der Waals surface area contributed by atoms with Crippen molar-refractivity contribution in [2.45, 2.75) is 26.8 Å². The molecule has 0 bridgehead atoms. The van der Waals surface area contributed by atoms with Gasteiger partial charge >= 0.3 is 5.97 Å². The zero-order valence-electron chi connectivity index (χ0n) is 14.1. The van der Waals surface area contributed by atoms with Gasteiger partial charge in [-0.15, -0.1) is 0 Å². The summed E-state index contributed by atoms with van der Waals surface area (Å²) < 4.78 is 0. The smallest absolute Gasteiger partial charge is 0.338 e. The second kappa shape index (κ2) is 5.70. The van der Waals surface area contributed by atoms with Crippen LogP contribution in [0.1, 0.15) is 35.5 Å². The maximum absolute atomic E-state index is 12.2. The van der Waals surface area contributed by atoms with Gasteiger partial charge in [-0.3, -0.25) is 4.79 Å². The lowest BCUT2D eigenvalue weighted by Gasteiger charge is -2.24. The third-order valence-electron chi connectivity index (χ3n) is 4.26. The quantitative estimate of drug-likeness (QED) is 0.937. The lowest BCUT2D eigenvalue weighted by atomic mass is 10.0. The molecule has 0 saturated carbocycles. The average Bonchev–Trinajstić information content (AvgIpc) is 2.80. The molecule has 1 atom stereocenters. The fraction of sp³-hybridized carbons (Fsp3) is 0.333. The van der Waals surface area contributed by atoms with Gasteiger partial charge in [-0.2, -0.15) is 4.99 Å². The minimum atomic E-state index is -1.09. The van der Waals surface area contributed by atoms with Gasteiger partial charge in [0, 0.05) is 12.4 Å². The molecular weight excluding hydrogens is 306 g/mol. The molecule has 1 N–H and O–H groups in total. The summed E-state index contributed by atoms with van der Waals surface area (Å²) in [5, 5.41) is 10.3. The fourth-order valence-corrected chi connectivity index (χ4v) is 3.13. The van der Waals surface area contributed by atoms with E-state index < -0.39 is 12.0 Å². The summed E-state index contributed by atoms with van der Waals surface area (Å²) in [5.74, 6) is -0.958. The summed E-state index contributed by atoms with van der Waals surface area (Å²) in [6, 6.07) is 6.85. The predicted octanol–water partition coefficient (Wildman–Crippen LogP) is 2.48. The topological polar surface area (TPSA) is 82.9 Å². The van der Waals surface area contributed by atoms with Gasteiger partial charge in [0.2, 0.25) is 0 Å². The van der Waals surface area contributed by atoms with Crippen LogP contribution in [0.3, 0.4) is 0 Å². The molecule has 1 amide bonds. The van der Waals surface area contributed by atoms with Crippen molar-refractivity contribution in [1.29, 1.82) is 0 Å². The monoisotopic (exact) mass is 325 g/mol. The number of aromatic carboxylic acids is 1. The van der Waals surface area contributed by atoms with E-state index in [0.717, 1.165) is 10.9 Å². The van der Waals surface area contributed by atoms with Crippen LogP contribution in [0.4, 0.5) is 0 Å². The van der Waals surface area contributed by atoms with Gasteiger partial charge < -0.3 is 10.0 Å². The van der Waals surface area contributed by atoms with E-state index in [2.05, 4.69) is 9.98 Å². The van der Waals surface area contributed by atoms with Gasteiger partial charge in [0.25, 0.3) is 5.91 Å². The highest BCUT2D eigenvalue weighted by molar-refractivity contribution is 6.15. The molecule has 0 saturated heterocycles. The third-order valence-corrected chi connectivity index (χ3v) is 4.26. The predicted molar refractivity (Wildman–Crippen MR) is 91.4 cm³/mol. The second-order valence-electron chi connectivity index (χ2n) is 6.46. The summed E-state index contributed by atoms with van der Waals surface area (Å²) >= 11 is 0. The van der Waals surface area contributed by atoms with E-state index >= 15 is 0 Å². The molecule has 6 heteroatoms. The van der Waals surface area contributed by atoms with Gasteiger partial charge in [0.05, 0.1) is 11.1 Å². The molecule has 3 rings (SSSR count). The summed E-state index contributed by atoms with van der Waals surface area (Å²) in [4.78, 5) is 34.2. The number of hydrogen-bond donors (Lipinski definition) is 1. The fourth-order valence-electron chi connectivity index (χ4n) is 3.13. The lowest BCUT2D eigenvalue weighted by Crippen LogP contribution is -2.39. The number of aryl methyl sites for hydroxylation is 1. The Morgan fingerprint density at radius 2 is 2.00 bits per heavy atom. The highest BCUT2D eigenvalue weighted by Crippen LogP contribution is 2.25. The van der Waals surface area contributed by atoms with E-state index in [1.807, 2.05) is 39.0 Å². The number of carbonyl (C=O) groups excluding carboxylic acids is 1. The molecular formula is C18H19N3O3. The first-order valence-corrected chi connectivity index (χ1v) is 7.80. The standard InChI is InChI=1S/C18H19N3O3/c1-9(2)15-17(22)20-16(21(15)4)14-12(18(23)24)8-11-7-10(3)5-6-13(11)19-14/h5-9,15H,1-4H3,(H,23,24). The van der Waals surface area contributed by atoms with E-state index in [0.29, 0.717) is 11.4 Å². The van der Waals surface area contributed by atoms with E-state index in [1.165, 1.54) is 0 Å². The Morgan fingerprint density at radius 1 is 1.29 bits per heavy atom. The van der Waals surface area contributed by atoms with Crippen LogP contribution in [-0.2, 0) is 4.79 Å². The molecule has 2 aromatic rings. The molecule has 6 nitrogen and oxygen atoms in total. The highest BCUT2D eigenvalue weighted by atomic mass is 16.4. The number of amides is 1. The summed E-state index contributed by atoms with van der Waals surface area (Å²) in [6.07, 6.45) is 0. The van der Waals surface area contributed by atoms with Crippen molar-refractivity contribution in [2.75, 3.05) is 7.05 Å². The van der Waals surface area contributed by atoms with Crippen molar-refractivity contribution in [3.63, 3.8) is 0 Å². The van der Waals surface area contributed by atoms with E-state index in [9.17, 15) is 14.7 Å². The number of nitrogens with zero attached hydrogens (tertiary/aromatic N) is 3. The van der Waals surface area contributed by atoms with Gasteiger partial charge in [0.15, 0.2) is 5.84 Å². The van der Waals surface area contributed by atoms with Crippen molar-refractivity contribution in [1.82, 2.24) is 9.88 Å². The summed E-state index contributed by atoms with van der Waals surface area (Å²) in [5.41, 5.74) is 1.99. The molecule has 1 aromatic carbocycles. The van der Waals surface area contributed by atoms with Crippen LogP contribution in [0, 0.1) is 12.8 Å². The van der Waals surface area contributed by atoms with Crippen LogP contribution >= 0.6 is 0 Å². The number of benzene rings is 1.